The number of benzene rings is 1. The van der Waals surface area contributed by atoms with Gasteiger partial charge in [0.25, 0.3) is 0 Å². The highest BCUT2D eigenvalue weighted by Gasteiger charge is 2.25. The number of halogens is 2. The van der Waals surface area contributed by atoms with Crippen molar-refractivity contribution in [2.75, 3.05) is 23.9 Å². The van der Waals surface area contributed by atoms with Crippen LogP contribution in [-0.2, 0) is 25.6 Å². The Balaban J connectivity index is 2.91. The van der Waals surface area contributed by atoms with E-state index in [0.29, 0.717) is 28.9 Å². The monoisotopic (exact) mass is 429 g/mol. The molecule has 136 valence electrons. The molecule has 0 spiro atoms. The molecule has 0 fully saturated rings. The van der Waals surface area contributed by atoms with E-state index in [-0.39, 0.29) is 17.7 Å². The number of hydrogen-bond donors (Lipinski definition) is 0. The first-order valence-corrected chi connectivity index (χ1v) is 12.5. The van der Waals surface area contributed by atoms with Crippen LogP contribution < -0.4 is 4.90 Å². The van der Waals surface area contributed by atoms with Crippen LogP contribution in [-0.4, -0.2) is 30.9 Å². The molecule has 0 bridgehead atoms. The van der Waals surface area contributed by atoms with E-state index in [1.54, 1.807) is 23.1 Å². The van der Waals surface area contributed by atoms with Crippen LogP contribution >= 0.6 is 40.3 Å². The minimum absolute atomic E-state index is 0.0348. The summed E-state index contributed by atoms with van der Waals surface area (Å²) in [6, 6.07) is 5.11. The number of hydrogen-bond acceptors (Lipinski definition) is 5. The van der Waals surface area contributed by atoms with Crippen molar-refractivity contribution in [2.45, 2.75) is 33.7 Å². The van der Waals surface area contributed by atoms with E-state index in [2.05, 4.69) is 0 Å². The summed E-state index contributed by atoms with van der Waals surface area (Å²) < 4.78 is 11.1. The second-order valence-electron chi connectivity index (χ2n) is 5.01. The van der Waals surface area contributed by atoms with Crippen LogP contribution in [0.15, 0.2) is 18.2 Å². The predicted molar refractivity (Wildman–Crippen MR) is 109 cm³/mol. The fourth-order valence-electron chi connectivity index (χ4n) is 2.00. The molecule has 0 saturated heterocycles. The van der Waals surface area contributed by atoms with Gasteiger partial charge in [-0.15, -0.1) is 0 Å². The Kier molecular flexibility index (Phi) is 9.60. The molecule has 0 aliphatic rings. The second kappa shape index (κ2) is 10.4. The number of amides is 1. The molecule has 0 heterocycles. The first kappa shape index (κ1) is 22.2. The predicted octanol–water partition coefficient (Wildman–Crippen LogP) is 5.77. The van der Waals surface area contributed by atoms with Crippen LogP contribution in [0, 0.1) is 0 Å². The lowest BCUT2D eigenvalue weighted by Gasteiger charge is -2.28. The molecule has 9 heteroatoms. The van der Waals surface area contributed by atoms with E-state index in [9.17, 15) is 4.79 Å². The van der Waals surface area contributed by atoms with E-state index >= 15 is 0 Å². The Morgan fingerprint density at radius 1 is 1.25 bits per heavy atom. The smallest absolute Gasteiger partial charge is 0.247 e. The van der Waals surface area contributed by atoms with E-state index in [1.165, 1.54) is 11.4 Å². The summed E-state index contributed by atoms with van der Waals surface area (Å²) in [4.78, 5) is 14.4. The Morgan fingerprint density at radius 3 is 2.29 bits per heavy atom. The number of anilines is 1. The molecule has 1 rings (SSSR count). The molecule has 0 aromatic heterocycles. The highest BCUT2D eigenvalue weighted by molar-refractivity contribution is 8.68. The molecule has 0 atom stereocenters. The summed E-state index contributed by atoms with van der Waals surface area (Å²) in [7, 11) is 0. The number of rotatable bonds is 9. The maximum Gasteiger partial charge on any atom is 0.247 e. The Morgan fingerprint density at radius 2 is 1.83 bits per heavy atom. The van der Waals surface area contributed by atoms with Gasteiger partial charge in [-0.3, -0.25) is 4.79 Å². The Bertz CT molecular complexity index is 606. The number of carbonyl (C=O) groups excluding carboxylic acids is 1. The molecule has 4 nitrogen and oxygen atoms in total. The maximum atomic E-state index is 12.7. The van der Waals surface area contributed by atoms with Gasteiger partial charge in [-0.25, -0.2) is 0 Å². The van der Waals surface area contributed by atoms with E-state index in [1.807, 2.05) is 27.7 Å². The molecule has 1 aromatic rings. The van der Waals surface area contributed by atoms with Crippen LogP contribution in [0.2, 0.25) is 10.0 Å². The number of nitrogens with zero attached hydrogens (tertiary/aromatic N) is 1. The molecule has 0 saturated carbocycles. The largest absolute Gasteiger partial charge is 0.322 e. The molecule has 0 aliphatic heterocycles. The molecule has 0 N–H and O–H groups in total. The zero-order valence-corrected chi connectivity index (χ0v) is 18.2. The van der Waals surface area contributed by atoms with Crippen molar-refractivity contribution in [1.29, 1.82) is 0 Å². The van der Waals surface area contributed by atoms with Gasteiger partial charge in [0.1, 0.15) is 0 Å². The highest BCUT2D eigenvalue weighted by atomic mass is 35.5. The van der Waals surface area contributed by atoms with Gasteiger partial charge in [0.05, 0.1) is 29.0 Å². The SMILES string of the molecule is CCOP(=S)(OCC)SCC(=O)N(c1ccc(Cl)c(Cl)c1)C(C)C. The molecule has 0 aliphatic carbocycles. The van der Waals surface area contributed by atoms with Gasteiger partial charge in [0, 0.05) is 11.7 Å². The lowest BCUT2D eigenvalue weighted by Crippen LogP contribution is -2.38. The minimum Gasteiger partial charge on any atom is -0.322 e. The number of carbonyl (C=O) groups is 1. The zero-order valence-electron chi connectivity index (χ0n) is 14.1. The standard InChI is InChI=1S/C15H22Cl2NO3PS2/c1-5-20-22(23,21-6-2)24-10-15(19)18(11(3)4)12-7-8-13(16)14(17)9-12/h7-9,11H,5-6,10H2,1-4H3. The summed E-state index contributed by atoms with van der Waals surface area (Å²) in [5, 5.41) is 0.864. The molecule has 1 amide bonds. The van der Waals surface area contributed by atoms with Gasteiger partial charge in [0.15, 0.2) is 0 Å². The normalized spacial score (nSPS) is 11.8. The molecule has 1 aromatic carbocycles. The Labute approximate surface area is 163 Å². The first-order chi connectivity index (χ1) is 11.2. The topological polar surface area (TPSA) is 38.8 Å². The first-order valence-electron chi connectivity index (χ1n) is 7.54. The van der Waals surface area contributed by atoms with E-state index < -0.39 is 5.69 Å². The third kappa shape index (κ3) is 6.49. The maximum absolute atomic E-state index is 12.7. The summed E-state index contributed by atoms with van der Waals surface area (Å²) >= 11 is 18.7. The molecule has 24 heavy (non-hydrogen) atoms. The fraction of sp³-hybridized carbons (Fsp3) is 0.533. The van der Waals surface area contributed by atoms with Gasteiger partial charge in [-0.1, -0.05) is 34.6 Å². The molecule has 0 unspecified atom stereocenters. The summed E-state index contributed by atoms with van der Waals surface area (Å²) in [6.45, 7) is 8.51. The van der Waals surface area contributed by atoms with Crippen LogP contribution in [0.25, 0.3) is 0 Å². The third-order valence-electron chi connectivity index (χ3n) is 2.89. The molecule has 0 radical (unpaired) electrons. The van der Waals surface area contributed by atoms with Gasteiger partial charge < -0.3 is 13.9 Å². The van der Waals surface area contributed by atoms with Crippen LogP contribution in [0.1, 0.15) is 27.7 Å². The van der Waals surface area contributed by atoms with Crippen molar-refractivity contribution in [3.05, 3.63) is 28.2 Å². The third-order valence-corrected chi connectivity index (χ3v) is 9.02. The van der Waals surface area contributed by atoms with Crippen LogP contribution in [0.4, 0.5) is 5.69 Å². The van der Waals surface area contributed by atoms with Crippen molar-refractivity contribution in [3.8, 4) is 0 Å². The molecular weight excluding hydrogens is 408 g/mol. The van der Waals surface area contributed by atoms with Crippen molar-refractivity contribution < 1.29 is 13.8 Å². The minimum atomic E-state index is -2.50. The summed E-state index contributed by atoms with van der Waals surface area (Å²) in [5.41, 5.74) is -1.80. The second-order valence-corrected chi connectivity index (χ2v) is 12.1. The van der Waals surface area contributed by atoms with E-state index in [4.69, 9.17) is 44.1 Å². The summed E-state index contributed by atoms with van der Waals surface area (Å²) in [5.74, 6) is 0.0948. The quantitative estimate of drug-likeness (QED) is 0.466. The van der Waals surface area contributed by atoms with Crippen molar-refractivity contribution in [2.24, 2.45) is 0 Å². The Hall–Kier alpha value is 0.190. The van der Waals surface area contributed by atoms with Gasteiger partial charge >= 0.3 is 0 Å². The van der Waals surface area contributed by atoms with E-state index in [0.717, 1.165) is 0 Å². The fourth-order valence-corrected chi connectivity index (χ4v) is 6.55. The van der Waals surface area contributed by atoms with Crippen LogP contribution in [0.5, 0.6) is 0 Å². The molecular formula is C15H22Cl2NO3PS2. The summed E-state index contributed by atoms with van der Waals surface area (Å²) in [6.07, 6.45) is 0. The van der Waals surface area contributed by atoms with Crippen LogP contribution in [0.3, 0.4) is 0 Å². The van der Waals surface area contributed by atoms with Crippen molar-refractivity contribution >= 4 is 63.7 Å². The zero-order chi connectivity index (χ0) is 18.3. The van der Waals surface area contributed by atoms with Crippen molar-refractivity contribution in [3.63, 3.8) is 0 Å². The van der Waals surface area contributed by atoms with Gasteiger partial charge in [-0.2, -0.15) is 0 Å². The van der Waals surface area contributed by atoms with Gasteiger partial charge in [-0.05, 0) is 57.7 Å². The van der Waals surface area contributed by atoms with Crippen molar-refractivity contribution in [1.82, 2.24) is 0 Å². The average Bonchev–Trinajstić information content (AvgIpc) is 2.49. The lowest BCUT2D eigenvalue weighted by atomic mass is 10.2. The highest BCUT2D eigenvalue weighted by Crippen LogP contribution is 2.60. The van der Waals surface area contributed by atoms with Gasteiger partial charge in [0.2, 0.25) is 11.6 Å². The lowest BCUT2D eigenvalue weighted by molar-refractivity contribution is -0.116. The average molecular weight is 430 g/mol.